The first-order valence-corrected chi connectivity index (χ1v) is 11.8. The van der Waals surface area contributed by atoms with Crippen LogP contribution in [0.1, 0.15) is 16.1 Å². The zero-order valence-corrected chi connectivity index (χ0v) is 20.1. The van der Waals surface area contributed by atoms with Crippen molar-refractivity contribution in [2.75, 3.05) is 5.32 Å². The van der Waals surface area contributed by atoms with Crippen molar-refractivity contribution < 1.29 is 14.3 Å². The van der Waals surface area contributed by atoms with Crippen LogP contribution in [0, 0.1) is 6.92 Å². The van der Waals surface area contributed by atoms with Crippen molar-refractivity contribution >= 4 is 34.4 Å². The molecule has 0 unspecified atom stereocenters. The molecule has 2 aromatic carbocycles. The fourth-order valence-electron chi connectivity index (χ4n) is 4.00. The van der Waals surface area contributed by atoms with E-state index in [1.165, 1.54) is 17.4 Å². The number of aryl methyl sites for hydroxylation is 1. The Morgan fingerprint density at radius 1 is 1.11 bits per heavy atom. The van der Waals surface area contributed by atoms with Crippen molar-refractivity contribution in [3.05, 3.63) is 96.4 Å². The Kier molecular flexibility index (Phi) is 6.05. The van der Waals surface area contributed by atoms with Crippen LogP contribution < -0.4 is 15.8 Å². The number of ether oxygens (including phenoxy) is 1. The van der Waals surface area contributed by atoms with Gasteiger partial charge >= 0.3 is 0 Å². The van der Waals surface area contributed by atoms with Gasteiger partial charge in [0.1, 0.15) is 5.75 Å². The van der Waals surface area contributed by atoms with Gasteiger partial charge in [-0.3, -0.25) is 14.6 Å². The molecule has 0 aliphatic rings. The fourth-order valence-corrected chi connectivity index (χ4v) is 4.66. The van der Waals surface area contributed by atoms with E-state index in [-0.39, 0.29) is 5.91 Å². The third-order valence-electron chi connectivity index (χ3n) is 5.55. The van der Waals surface area contributed by atoms with Crippen LogP contribution in [0.15, 0.2) is 85.2 Å². The first-order valence-electron chi connectivity index (χ1n) is 11.0. The fraction of sp³-hybridized carbons (Fsp3) is 0.0370. The molecule has 36 heavy (non-hydrogen) atoms. The number of benzene rings is 2. The number of anilines is 1. The topological polar surface area (TPSA) is 112 Å². The normalized spacial score (nSPS) is 10.8. The minimum Gasteiger partial charge on any atom is -0.431 e. The first-order chi connectivity index (χ1) is 17.4. The molecule has 3 N–H and O–H groups in total. The largest absolute Gasteiger partial charge is 0.431 e. The van der Waals surface area contributed by atoms with E-state index in [2.05, 4.69) is 21.9 Å². The highest BCUT2D eigenvalue weighted by molar-refractivity contribution is 7.11. The number of nitrogens with zero attached hydrogens (tertiary/aromatic N) is 3. The number of nitrogens with one attached hydrogen (secondary N) is 1. The molecular formula is C27H21N5O3S. The Bertz CT molecular complexity index is 1600. The van der Waals surface area contributed by atoms with Crippen molar-refractivity contribution in [3.63, 3.8) is 0 Å². The average molecular weight is 496 g/mol. The number of nitrogens with two attached hydrogens (primary N) is 1. The molecule has 5 aromatic rings. The maximum atomic E-state index is 12.7. The van der Waals surface area contributed by atoms with Gasteiger partial charge in [0.05, 0.1) is 28.7 Å². The van der Waals surface area contributed by atoms with Gasteiger partial charge in [-0.25, -0.2) is 4.98 Å². The monoisotopic (exact) mass is 495 g/mol. The van der Waals surface area contributed by atoms with Gasteiger partial charge in [0.25, 0.3) is 11.1 Å². The Labute approximate surface area is 210 Å². The molecular weight excluding hydrogens is 474 g/mol. The number of hydrogen-bond acceptors (Lipinski definition) is 6. The summed E-state index contributed by atoms with van der Waals surface area (Å²) in [5, 5.41) is 5.22. The summed E-state index contributed by atoms with van der Waals surface area (Å²) in [6.07, 6.45) is 6.27. The summed E-state index contributed by atoms with van der Waals surface area (Å²) in [6.45, 7) is 5.38. The van der Waals surface area contributed by atoms with E-state index in [9.17, 15) is 9.59 Å². The molecule has 2 amide bonds. The van der Waals surface area contributed by atoms with Crippen LogP contribution in [0.4, 0.5) is 5.69 Å². The molecule has 3 heterocycles. The number of rotatable bonds is 7. The second-order valence-electron chi connectivity index (χ2n) is 7.95. The standard InChI is InChI=1S/C27H21N5O3S/c1-3-22(33)31-19-8-4-18(5-9-19)25-23(24(26(28)34)21-14-29-12-13-32(21)25)17-6-10-20(11-7-17)35-27-30-16(2)15-36-27/h3-15H,1H2,2H3,(H2,28,34)(H,31,33). The summed E-state index contributed by atoms with van der Waals surface area (Å²) in [4.78, 5) is 32.9. The molecule has 0 fully saturated rings. The summed E-state index contributed by atoms with van der Waals surface area (Å²) in [7, 11) is 0. The summed E-state index contributed by atoms with van der Waals surface area (Å²) < 4.78 is 7.75. The van der Waals surface area contributed by atoms with Gasteiger partial charge < -0.3 is 20.2 Å². The highest BCUT2D eigenvalue weighted by Gasteiger charge is 2.24. The van der Waals surface area contributed by atoms with Gasteiger partial charge in [-0.15, -0.1) is 0 Å². The van der Waals surface area contributed by atoms with Crippen molar-refractivity contribution in [2.24, 2.45) is 5.73 Å². The zero-order valence-electron chi connectivity index (χ0n) is 19.3. The molecule has 0 bridgehead atoms. The van der Waals surface area contributed by atoms with Crippen molar-refractivity contribution in [3.8, 4) is 33.3 Å². The van der Waals surface area contributed by atoms with Crippen LogP contribution in [0.2, 0.25) is 0 Å². The molecule has 0 aliphatic carbocycles. The number of carbonyl (C=O) groups excluding carboxylic acids is 2. The van der Waals surface area contributed by atoms with E-state index >= 15 is 0 Å². The number of primary amides is 1. The number of carbonyl (C=O) groups is 2. The van der Waals surface area contributed by atoms with Crippen LogP contribution in [-0.4, -0.2) is 26.2 Å². The third kappa shape index (κ3) is 4.35. The number of aromatic nitrogens is 3. The van der Waals surface area contributed by atoms with E-state index < -0.39 is 5.91 Å². The van der Waals surface area contributed by atoms with Crippen molar-refractivity contribution in [2.45, 2.75) is 6.92 Å². The Morgan fingerprint density at radius 2 is 1.83 bits per heavy atom. The predicted molar refractivity (Wildman–Crippen MR) is 140 cm³/mol. The molecule has 0 aliphatic heterocycles. The van der Waals surface area contributed by atoms with Crippen molar-refractivity contribution in [1.82, 2.24) is 14.4 Å². The molecule has 3 aromatic heterocycles. The molecule has 0 radical (unpaired) electrons. The molecule has 0 atom stereocenters. The van der Waals surface area contributed by atoms with Crippen LogP contribution >= 0.6 is 11.3 Å². The quantitative estimate of drug-likeness (QED) is 0.292. The number of fused-ring (bicyclic) bond motifs is 1. The summed E-state index contributed by atoms with van der Waals surface area (Å²) in [5.74, 6) is -0.230. The third-order valence-corrected chi connectivity index (χ3v) is 6.38. The molecule has 0 saturated carbocycles. The maximum Gasteiger partial charge on any atom is 0.278 e. The van der Waals surface area contributed by atoms with E-state index in [0.717, 1.165) is 22.5 Å². The minimum absolute atomic E-state index is 0.297. The van der Waals surface area contributed by atoms with Crippen molar-refractivity contribution in [1.29, 1.82) is 0 Å². The lowest BCUT2D eigenvalue weighted by atomic mass is 9.96. The smallest absolute Gasteiger partial charge is 0.278 e. The minimum atomic E-state index is -0.560. The highest BCUT2D eigenvalue weighted by Crippen LogP contribution is 2.40. The van der Waals surface area contributed by atoms with Gasteiger partial charge in [-0.1, -0.05) is 42.2 Å². The van der Waals surface area contributed by atoms with Gasteiger partial charge in [-0.05, 0) is 48.4 Å². The maximum absolute atomic E-state index is 12.7. The predicted octanol–water partition coefficient (Wildman–Crippen LogP) is 5.45. The molecule has 0 saturated heterocycles. The summed E-state index contributed by atoms with van der Waals surface area (Å²) in [5.41, 5.74) is 11.4. The average Bonchev–Trinajstić information content (AvgIpc) is 3.45. The number of hydrogen-bond donors (Lipinski definition) is 2. The lowest BCUT2D eigenvalue weighted by molar-refractivity contribution is -0.111. The summed E-state index contributed by atoms with van der Waals surface area (Å²) in [6, 6.07) is 14.7. The van der Waals surface area contributed by atoms with E-state index in [4.69, 9.17) is 10.5 Å². The highest BCUT2D eigenvalue weighted by atomic mass is 32.1. The van der Waals surface area contributed by atoms with E-state index in [1.807, 2.05) is 53.1 Å². The Hall–Kier alpha value is -4.76. The summed E-state index contributed by atoms with van der Waals surface area (Å²) >= 11 is 1.42. The Balaban J connectivity index is 1.63. The van der Waals surface area contributed by atoms with Gasteiger partial charge in [0.2, 0.25) is 5.91 Å². The number of amides is 2. The van der Waals surface area contributed by atoms with E-state index in [0.29, 0.717) is 33.3 Å². The first kappa shape index (κ1) is 23.0. The number of thiazole rings is 1. The van der Waals surface area contributed by atoms with Gasteiger partial charge in [0.15, 0.2) is 0 Å². The van der Waals surface area contributed by atoms with Crippen LogP contribution in [0.3, 0.4) is 0 Å². The molecule has 0 spiro atoms. The second kappa shape index (κ2) is 9.47. The molecule has 9 heteroatoms. The second-order valence-corrected chi connectivity index (χ2v) is 8.77. The molecule has 5 rings (SSSR count). The van der Waals surface area contributed by atoms with Crippen LogP contribution in [0.5, 0.6) is 10.9 Å². The van der Waals surface area contributed by atoms with Crippen LogP contribution in [-0.2, 0) is 4.79 Å². The van der Waals surface area contributed by atoms with E-state index in [1.54, 1.807) is 30.7 Å². The Morgan fingerprint density at radius 3 is 2.47 bits per heavy atom. The zero-order chi connectivity index (χ0) is 25.2. The lowest BCUT2D eigenvalue weighted by Crippen LogP contribution is -2.11. The van der Waals surface area contributed by atoms with Crippen LogP contribution in [0.25, 0.3) is 27.9 Å². The lowest BCUT2D eigenvalue weighted by Gasteiger charge is -2.10. The molecule has 8 nitrogen and oxygen atoms in total. The SMILES string of the molecule is C=CC(=O)Nc1ccc(-c2c(-c3ccc(Oc4nc(C)cs4)cc3)c(C(N)=O)c3cnccn23)cc1. The molecule has 178 valence electrons. The van der Waals surface area contributed by atoms with Gasteiger partial charge in [0, 0.05) is 29.0 Å². The van der Waals surface area contributed by atoms with Gasteiger partial charge in [-0.2, -0.15) is 0 Å².